The van der Waals surface area contributed by atoms with E-state index in [0.717, 1.165) is 20.9 Å². The molecule has 4 aromatic rings. The first-order chi connectivity index (χ1) is 15.5. The van der Waals surface area contributed by atoms with E-state index >= 15 is 0 Å². The normalized spacial score (nSPS) is 18.2. The molecule has 1 aliphatic rings. The lowest BCUT2D eigenvalue weighted by Crippen LogP contribution is -2.45. The van der Waals surface area contributed by atoms with E-state index in [0.29, 0.717) is 17.0 Å². The van der Waals surface area contributed by atoms with Crippen molar-refractivity contribution < 1.29 is 14.1 Å². The summed E-state index contributed by atoms with van der Waals surface area (Å²) in [5, 5.41) is 8.85. The maximum atomic E-state index is 13.8. The number of carbonyl (C=O) groups excluding carboxylic acids is 2. The standard InChI is InChI=1S/C24H20N4O3S/c1-15-10-11-18(13-16(15)2)24(17-7-4-3-5-8-17)22(29)28(23(30)26-24)14-20-25-21(27-31-20)19-9-6-12-32-19/h3-13H,14H2,1-2H3,(H,26,30). The molecule has 1 saturated heterocycles. The highest BCUT2D eigenvalue weighted by molar-refractivity contribution is 7.13. The van der Waals surface area contributed by atoms with E-state index < -0.39 is 11.6 Å². The minimum Gasteiger partial charge on any atom is -0.337 e. The number of amides is 3. The van der Waals surface area contributed by atoms with Crippen LogP contribution in [0.3, 0.4) is 0 Å². The van der Waals surface area contributed by atoms with Crippen LogP contribution >= 0.6 is 11.3 Å². The monoisotopic (exact) mass is 444 g/mol. The number of imide groups is 1. The first-order valence-corrected chi connectivity index (χ1v) is 11.0. The Balaban J connectivity index is 1.54. The van der Waals surface area contributed by atoms with Crippen molar-refractivity contribution in [2.24, 2.45) is 0 Å². The highest BCUT2D eigenvalue weighted by Crippen LogP contribution is 2.37. The van der Waals surface area contributed by atoms with E-state index in [1.807, 2.05) is 79.9 Å². The Bertz CT molecular complexity index is 1300. The zero-order valence-electron chi connectivity index (χ0n) is 17.5. The molecule has 32 heavy (non-hydrogen) atoms. The van der Waals surface area contributed by atoms with Crippen LogP contribution in [0, 0.1) is 13.8 Å². The molecule has 8 heteroatoms. The first-order valence-electron chi connectivity index (χ1n) is 10.1. The Morgan fingerprint density at radius 2 is 1.81 bits per heavy atom. The largest absolute Gasteiger partial charge is 0.337 e. The second-order valence-electron chi connectivity index (χ2n) is 7.73. The molecule has 1 fully saturated rings. The Morgan fingerprint density at radius 1 is 1.00 bits per heavy atom. The summed E-state index contributed by atoms with van der Waals surface area (Å²) in [7, 11) is 0. The molecule has 160 valence electrons. The summed E-state index contributed by atoms with van der Waals surface area (Å²) in [6.07, 6.45) is 0. The maximum Gasteiger partial charge on any atom is 0.326 e. The van der Waals surface area contributed by atoms with Crippen LogP contribution in [0.25, 0.3) is 10.7 Å². The van der Waals surface area contributed by atoms with Crippen molar-refractivity contribution in [1.82, 2.24) is 20.4 Å². The Labute approximate surface area is 188 Å². The van der Waals surface area contributed by atoms with E-state index in [1.165, 1.54) is 11.3 Å². The third kappa shape index (κ3) is 3.20. The summed E-state index contributed by atoms with van der Waals surface area (Å²) in [6, 6.07) is 18.3. The predicted octanol–water partition coefficient (Wildman–Crippen LogP) is 4.41. The average molecular weight is 445 g/mol. The van der Waals surface area contributed by atoms with E-state index in [1.54, 1.807) is 0 Å². The van der Waals surface area contributed by atoms with Gasteiger partial charge in [0.05, 0.1) is 4.88 Å². The van der Waals surface area contributed by atoms with Gasteiger partial charge in [-0.1, -0.05) is 59.8 Å². The van der Waals surface area contributed by atoms with E-state index in [2.05, 4.69) is 15.5 Å². The van der Waals surface area contributed by atoms with Crippen molar-refractivity contribution in [2.75, 3.05) is 0 Å². The number of carbonyl (C=O) groups is 2. The van der Waals surface area contributed by atoms with Gasteiger partial charge in [-0.05, 0) is 47.5 Å². The molecule has 0 spiro atoms. The van der Waals surface area contributed by atoms with Crippen molar-refractivity contribution in [3.63, 3.8) is 0 Å². The molecule has 0 aliphatic carbocycles. The molecular formula is C24H20N4O3S. The molecular weight excluding hydrogens is 424 g/mol. The number of thiophene rings is 1. The van der Waals surface area contributed by atoms with Crippen LogP contribution in [0.5, 0.6) is 0 Å². The molecule has 3 amide bonds. The van der Waals surface area contributed by atoms with Gasteiger partial charge in [0, 0.05) is 0 Å². The van der Waals surface area contributed by atoms with Crippen molar-refractivity contribution in [1.29, 1.82) is 0 Å². The van der Waals surface area contributed by atoms with E-state index in [4.69, 9.17) is 4.52 Å². The van der Waals surface area contributed by atoms with Gasteiger partial charge in [0.1, 0.15) is 6.54 Å². The van der Waals surface area contributed by atoms with Gasteiger partial charge in [0.25, 0.3) is 5.91 Å². The van der Waals surface area contributed by atoms with Gasteiger partial charge in [-0.15, -0.1) is 11.3 Å². The smallest absolute Gasteiger partial charge is 0.326 e. The van der Waals surface area contributed by atoms with Crippen LogP contribution in [-0.2, 0) is 16.9 Å². The molecule has 3 heterocycles. The zero-order valence-corrected chi connectivity index (χ0v) is 18.3. The second-order valence-corrected chi connectivity index (χ2v) is 8.67. The van der Waals surface area contributed by atoms with Crippen molar-refractivity contribution >= 4 is 23.3 Å². The Hall–Kier alpha value is -3.78. The molecule has 2 aromatic heterocycles. The zero-order chi connectivity index (χ0) is 22.3. The number of aryl methyl sites for hydroxylation is 2. The predicted molar refractivity (Wildman–Crippen MR) is 120 cm³/mol. The minimum atomic E-state index is -1.33. The first kappa shape index (κ1) is 20.1. The van der Waals surface area contributed by atoms with Crippen LogP contribution in [0.15, 0.2) is 70.6 Å². The van der Waals surface area contributed by atoms with Gasteiger partial charge in [0.15, 0.2) is 5.54 Å². The van der Waals surface area contributed by atoms with Crippen molar-refractivity contribution in [3.05, 3.63) is 94.2 Å². The van der Waals surface area contributed by atoms with Gasteiger partial charge in [-0.2, -0.15) is 4.98 Å². The van der Waals surface area contributed by atoms with E-state index in [9.17, 15) is 9.59 Å². The molecule has 7 nitrogen and oxygen atoms in total. The topological polar surface area (TPSA) is 88.3 Å². The van der Waals surface area contributed by atoms with Crippen molar-refractivity contribution in [3.8, 4) is 10.7 Å². The number of nitrogens with one attached hydrogen (secondary N) is 1. The molecule has 0 radical (unpaired) electrons. The lowest BCUT2D eigenvalue weighted by atomic mass is 9.81. The lowest BCUT2D eigenvalue weighted by Gasteiger charge is -2.28. The third-order valence-corrected chi connectivity index (χ3v) is 6.62. The Kier molecular flexibility index (Phi) is 4.86. The molecule has 1 N–H and O–H groups in total. The Morgan fingerprint density at radius 3 is 2.53 bits per heavy atom. The van der Waals surface area contributed by atoms with Gasteiger partial charge < -0.3 is 9.84 Å². The number of urea groups is 1. The van der Waals surface area contributed by atoms with Gasteiger partial charge in [-0.3, -0.25) is 9.69 Å². The van der Waals surface area contributed by atoms with Gasteiger partial charge in [-0.25, -0.2) is 4.79 Å². The highest BCUT2D eigenvalue weighted by atomic mass is 32.1. The lowest BCUT2D eigenvalue weighted by molar-refractivity contribution is -0.130. The molecule has 2 aromatic carbocycles. The van der Waals surface area contributed by atoms with Crippen molar-refractivity contribution in [2.45, 2.75) is 25.9 Å². The number of nitrogens with zero attached hydrogens (tertiary/aromatic N) is 3. The summed E-state index contributed by atoms with van der Waals surface area (Å²) in [5.74, 6) is 0.249. The number of hydrogen-bond acceptors (Lipinski definition) is 6. The molecule has 0 saturated carbocycles. The van der Waals surface area contributed by atoms with Crippen LogP contribution in [0.4, 0.5) is 4.79 Å². The minimum absolute atomic E-state index is 0.109. The molecule has 0 bridgehead atoms. The fraction of sp³-hybridized carbons (Fsp3) is 0.167. The van der Waals surface area contributed by atoms with E-state index in [-0.39, 0.29) is 18.3 Å². The summed E-state index contributed by atoms with van der Waals surface area (Å²) in [5.41, 5.74) is 2.22. The quantitative estimate of drug-likeness (QED) is 0.461. The van der Waals surface area contributed by atoms with Gasteiger partial charge >= 0.3 is 6.03 Å². The summed E-state index contributed by atoms with van der Waals surface area (Å²) in [6.45, 7) is 3.89. The SMILES string of the molecule is Cc1ccc(C2(c3ccccc3)NC(=O)N(Cc3nc(-c4cccs4)no3)C2=O)cc1C. The summed E-state index contributed by atoms with van der Waals surface area (Å²) < 4.78 is 5.33. The fourth-order valence-corrected chi connectivity index (χ4v) is 4.55. The summed E-state index contributed by atoms with van der Waals surface area (Å²) in [4.78, 5) is 33.2. The number of aromatic nitrogens is 2. The van der Waals surface area contributed by atoms with Gasteiger partial charge in [0.2, 0.25) is 11.7 Å². The molecule has 5 rings (SSSR count). The van der Waals surface area contributed by atoms with Crippen LogP contribution in [0.2, 0.25) is 0 Å². The molecule has 1 atom stereocenters. The van der Waals surface area contributed by atoms with Crippen LogP contribution < -0.4 is 5.32 Å². The fourth-order valence-electron chi connectivity index (χ4n) is 3.90. The number of benzene rings is 2. The summed E-state index contributed by atoms with van der Waals surface area (Å²) >= 11 is 1.49. The average Bonchev–Trinajstić information content (AvgIpc) is 3.54. The highest BCUT2D eigenvalue weighted by Gasteiger charge is 2.54. The van der Waals surface area contributed by atoms with Crippen LogP contribution in [0.1, 0.15) is 28.1 Å². The molecule has 1 unspecified atom stereocenters. The molecule has 1 aliphatic heterocycles. The van der Waals surface area contributed by atoms with Crippen LogP contribution in [-0.4, -0.2) is 27.0 Å². The third-order valence-electron chi connectivity index (χ3n) is 5.76. The maximum absolute atomic E-state index is 13.8. The number of rotatable bonds is 5. The number of hydrogen-bond donors (Lipinski definition) is 1. The second kappa shape index (κ2) is 7.72.